The van der Waals surface area contributed by atoms with Crippen LogP contribution in [0.15, 0.2) is 0 Å². The summed E-state index contributed by atoms with van der Waals surface area (Å²) in [5.41, 5.74) is 0. The molecule has 0 aromatic rings. The highest BCUT2D eigenvalue weighted by Crippen LogP contribution is 1.88. The molecule has 0 rings (SSSR count). The van der Waals surface area contributed by atoms with Crippen LogP contribution in [0.1, 0.15) is 40.5 Å². The zero-order valence-corrected chi connectivity index (χ0v) is 11.4. The van der Waals surface area contributed by atoms with Gasteiger partial charge >= 0.3 is 11.9 Å². The number of methoxy groups -OCH3 is 1. The molecule has 0 fully saturated rings. The number of unbranched alkanes of at least 4 members (excludes halogenated alkanes) is 1. The topological polar surface area (TPSA) is 61.8 Å². The van der Waals surface area contributed by atoms with E-state index in [0.717, 1.165) is 12.8 Å². The Balaban J connectivity index is 0. The van der Waals surface area contributed by atoms with Gasteiger partial charge in [0.1, 0.15) is 6.61 Å². The highest BCUT2D eigenvalue weighted by molar-refractivity contribution is 5.66. The quantitative estimate of drug-likeness (QED) is 0.531. The third-order valence-electron chi connectivity index (χ3n) is 1.73. The van der Waals surface area contributed by atoms with Gasteiger partial charge in [-0.05, 0) is 13.3 Å². The summed E-state index contributed by atoms with van der Waals surface area (Å²) < 4.78 is 14.1. The number of hydrogen-bond donors (Lipinski definition) is 0. The number of carbonyl (C=O) groups is 2. The minimum atomic E-state index is -0.265. The second-order valence-electron chi connectivity index (χ2n) is 3.54. The molecule has 0 radical (unpaired) electrons. The lowest BCUT2D eigenvalue weighted by Gasteiger charge is -2.07. The van der Waals surface area contributed by atoms with Gasteiger partial charge in [-0.15, -0.1) is 0 Å². The Morgan fingerprint density at radius 2 is 1.65 bits per heavy atom. The Hall–Kier alpha value is -1.10. The summed E-state index contributed by atoms with van der Waals surface area (Å²) in [4.78, 5) is 20.3. The lowest BCUT2D eigenvalue weighted by Crippen LogP contribution is -2.15. The first kappa shape index (κ1) is 18.3. The Morgan fingerprint density at radius 3 is 2.00 bits per heavy atom. The Kier molecular flexibility index (Phi) is 13.9. The second kappa shape index (κ2) is 13.0. The molecule has 0 N–H and O–H groups in total. The molecule has 0 aliphatic heterocycles. The van der Waals surface area contributed by atoms with E-state index in [1.54, 1.807) is 7.11 Å². The van der Waals surface area contributed by atoms with E-state index in [-0.39, 0.29) is 18.0 Å². The average Bonchev–Trinajstić information content (AvgIpc) is 2.26. The molecule has 0 spiro atoms. The van der Waals surface area contributed by atoms with Crippen LogP contribution in [0.3, 0.4) is 0 Å². The van der Waals surface area contributed by atoms with Gasteiger partial charge in [0.25, 0.3) is 0 Å². The van der Waals surface area contributed by atoms with Crippen molar-refractivity contribution in [3.63, 3.8) is 0 Å². The van der Waals surface area contributed by atoms with E-state index in [1.165, 1.54) is 13.8 Å². The summed E-state index contributed by atoms with van der Waals surface area (Å²) in [7, 11) is 1.58. The zero-order valence-electron chi connectivity index (χ0n) is 11.4. The van der Waals surface area contributed by atoms with Gasteiger partial charge in [-0.25, -0.2) is 0 Å². The first-order valence-electron chi connectivity index (χ1n) is 5.73. The van der Waals surface area contributed by atoms with Crippen molar-refractivity contribution in [1.82, 2.24) is 0 Å². The summed E-state index contributed by atoms with van der Waals surface area (Å²) in [6.07, 6.45) is 2.04. The number of hydrogen-bond acceptors (Lipinski definition) is 5. The summed E-state index contributed by atoms with van der Waals surface area (Å²) in [5, 5.41) is 0. The van der Waals surface area contributed by atoms with Gasteiger partial charge in [-0.1, -0.05) is 13.3 Å². The summed E-state index contributed by atoms with van der Waals surface area (Å²) in [6, 6.07) is 0. The van der Waals surface area contributed by atoms with Crippen molar-refractivity contribution >= 4 is 11.9 Å². The summed E-state index contributed by atoms with van der Waals surface area (Å²) in [6.45, 7) is 7.61. The molecule has 17 heavy (non-hydrogen) atoms. The van der Waals surface area contributed by atoms with Crippen molar-refractivity contribution in [3.8, 4) is 0 Å². The molecule has 0 aliphatic carbocycles. The van der Waals surface area contributed by atoms with E-state index in [2.05, 4.69) is 16.4 Å². The molecule has 0 aromatic heterocycles. The molecule has 5 heteroatoms. The van der Waals surface area contributed by atoms with E-state index in [0.29, 0.717) is 13.2 Å². The van der Waals surface area contributed by atoms with Gasteiger partial charge in [0, 0.05) is 21.0 Å². The standard InChI is InChI=1S/C6H12O3.C6H12O2/c1-5(8-3)4-9-6(2)7;1-3-4-5-8-6(2)7/h5H,4H2,1-3H3;3-5H2,1-2H3. The average molecular weight is 248 g/mol. The van der Waals surface area contributed by atoms with Crippen molar-refractivity contribution < 1.29 is 23.8 Å². The molecule has 1 atom stereocenters. The predicted molar refractivity (Wildman–Crippen MR) is 64.6 cm³/mol. The van der Waals surface area contributed by atoms with Crippen LogP contribution in [0.4, 0.5) is 0 Å². The minimum absolute atomic E-state index is 0.00565. The molecule has 0 aromatic carbocycles. The number of esters is 2. The molecule has 0 aliphatic rings. The molecule has 0 saturated heterocycles. The highest BCUT2D eigenvalue weighted by Gasteiger charge is 1.99. The van der Waals surface area contributed by atoms with Crippen LogP contribution in [0, 0.1) is 0 Å². The molecule has 0 amide bonds. The van der Waals surface area contributed by atoms with Gasteiger partial charge in [0.05, 0.1) is 12.7 Å². The van der Waals surface area contributed by atoms with Crippen molar-refractivity contribution in [2.24, 2.45) is 0 Å². The monoisotopic (exact) mass is 248 g/mol. The highest BCUT2D eigenvalue weighted by atomic mass is 16.6. The smallest absolute Gasteiger partial charge is 0.302 e. The third kappa shape index (κ3) is 20.9. The van der Waals surface area contributed by atoms with Gasteiger partial charge < -0.3 is 14.2 Å². The third-order valence-corrected chi connectivity index (χ3v) is 1.73. The maximum absolute atomic E-state index is 10.2. The van der Waals surface area contributed by atoms with Gasteiger partial charge in [0.15, 0.2) is 0 Å². The Bertz CT molecular complexity index is 203. The molecule has 1 unspecified atom stereocenters. The summed E-state index contributed by atoms with van der Waals surface area (Å²) in [5.74, 6) is -0.447. The van der Waals surface area contributed by atoms with Crippen molar-refractivity contribution in [3.05, 3.63) is 0 Å². The van der Waals surface area contributed by atoms with Crippen molar-refractivity contribution in [2.75, 3.05) is 20.3 Å². The molecular formula is C12H24O5. The number of carbonyl (C=O) groups excluding carboxylic acids is 2. The van der Waals surface area contributed by atoms with Crippen LogP contribution in [-0.4, -0.2) is 38.4 Å². The molecule has 0 saturated carbocycles. The maximum Gasteiger partial charge on any atom is 0.302 e. The number of rotatable bonds is 6. The maximum atomic E-state index is 10.2. The predicted octanol–water partition coefficient (Wildman–Crippen LogP) is 1.93. The van der Waals surface area contributed by atoms with Crippen molar-refractivity contribution in [2.45, 2.75) is 46.6 Å². The first-order chi connectivity index (χ1) is 7.93. The molecule has 5 nitrogen and oxygen atoms in total. The molecule has 102 valence electrons. The molecular weight excluding hydrogens is 224 g/mol. The van der Waals surface area contributed by atoms with Gasteiger partial charge in [0.2, 0.25) is 0 Å². The van der Waals surface area contributed by atoms with Crippen LogP contribution >= 0.6 is 0 Å². The largest absolute Gasteiger partial charge is 0.466 e. The van der Waals surface area contributed by atoms with E-state index in [1.807, 2.05) is 6.92 Å². The fraction of sp³-hybridized carbons (Fsp3) is 0.833. The first-order valence-corrected chi connectivity index (χ1v) is 5.73. The van der Waals surface area contributed by atoms with E-state index >= 15 is 0 Å². The van der Waals surface area contributed by atoms with Crippen LogP contribution in [0.2, 0.25) is 0 Å². The van der Waals surface area contributed by atoms with Gasteiger partial charge in [-0.3, -0.25) is 9.59 Å². The summed E-state index contributed by atoms with van der Waals surface area (Å²) >= 11 is 0. The molecule has 0 heterocycles. The fourth-order valence-electron chi connectivity index (χ4n) is 0.663. The minimum Gasteiger partial charge on any atom is -0.466 e. The fourth-order valence-corrected chi connectivity index (χ4v) is 0.663. The molecule has 0 bridgehead atoms. The van der Waals surface area contributed by atoms with E-state index in [4.69, 9.17) is 4.74 Å². The SMILES string of the molecule is CCCCOC(C)=O.COC(C)COC(C)=O. The van der Waals surface area contributed by atoms with Crippen LogP contribution in [0.5, 0.6) is 0 Å². The van der Waals surface area contributed by atoms with E-state index < -0.39 is 0 Å². The lowest BCUT2D eigenvalue weighted by molar-refractivity contribution is -0.144. The van der Waals surface area contributed by atoms with Crippen LogP contribution < -0.4 is 0 Å². The van der Waals surface area contributed by atoms with Crippen molar-refractivity contribution in [1.29, 1.82) is 0 Å². The van der Waals surface area contributed by atoms with Crippen LogP contribution in [0.25, 0.3) is 0 Å². The van der Waals surface area contributed by atoms with Crippen LogP contribution in [-0.2, 0) is 23.8 Å². The number of ether oxygens (including phenoxy) is 3. The Morgan fingerprint density at radius 1 is 1.12 bits per heavy atom. The van der Waals surface area contributed by atoms with E-state index in [9.17, 15) is 9.59 Å². The zero-order chi connectivity index (χ0) is 13.7. The van der Waals surface area contributed by atoms with Gasteiger partial charge in [-0.2, -0.15) is 0 Å². The Labute approximate surface area is 103 Å². The normalized spacial score (nSPS) is 10.9. The lowest BCUT2D eigenvalue weighted by atomic mass is 10.4. The second-order valence-corrected chi connectivity index (χ2v) is 3.54.